The van der Waals surface area contributed by atoms with Gasteiger partial charge in [0.1, 0.15) is 15.7 Å². The number of benzene rings is 1. The van der Waals surface area contributed by atoms with Crippen molar-refractivity contribution in [2.75, 3.05) is 36.2 Å². The molecule has 0 atom stereocenters. The van der Waals surface area contributed by atoms with Crippen molar-refractivity contribution >= 4 is 21.2 Å². The molecular weight excluding hydrogens is 231 g/mol. The molecule has 0 unspecified atom stereocenters. The first kappa shape index (κ1) is 12.8. The highest BCUT2D eigenvalue weighted by Crippen LogP contribution is 2.22. The zero-order chi connectivity index (χ0) is 12.3. The van der Waals surface area contributed by atoms with Crippen molar-refractivity contribution in [3.63, 3.8) is 0 Å². The van der Waals surface area contributed by atoms with Gasteiger partial charge in [-0.25, -0.2) is 12.8 Å². The summed E-state index contributed by atoms with van der Waals surface area (Å²) in [5.41, 5.74) is 6.56. The minimum atomic E-state index is -3.00. The van der Waals surface area contributed by atoms with Gasteiger partial charge >= 0.3 is 0 Å². The van der Waals surface area contributed by atoms with Crippen LogP contribution in [0.15, 0.2) is 18.2 Å². The molecular formula is C10H15FN2O2S. The Morgan fingerprint density at radius 2 is 2.06 bits per heavy atom. The van der Waals surface area contributed by atoms with Crippen molar-refractivity contribution in [2.24, 2.45) is 0 Å². The predicted molar refractivity (Wildman–Crippen MR) is 63.8 cm³/mol. The second-order valence-electron chi connectivity index (χ2n) is 3.75. The molecule has 0 heterocycles. The maximum absolute atomic E-state index is 12.8. The van der Waals surface area contributed by atoms with Gasteiger partial charge in [0.05, 0.1) is 17.1 Å². The maximum atomic E-state index is 12.8. The van der Waals surface area contributed by atoms with Crippen molar-refractivity contribution in [3.05, 3.63) is 24.0 Å². The molecule has 0 radical (unpaired) electrons. The normalized spacial score (nSPS) is 11.4. The highest BCUT2D eigenvalue weighted by molar-refractivity contribution is 7.90. The first-order valence-corrected chi connectivity index (χ1v) is 6.79. The first-order chi connectivity index (χ1) is 7.29. The van der Waals surface area contributed by atoms with Crippen LogP contribution in [0, 0.1) is 5.82 Å². The third kappa shape index (κ3) is 3.69. The number of hydrogen-bond donors (Lipinski definition) is 1. The number of halogens is 1. The van der Waals surface area contributed by atoms with Crippen LogP contribution in [-0.4, -0.2) is 34.0 Å². The fraction of sp³-hybridized carbons (Fsp3) is 0.400. The Kier molecular flexibility index (Phi) is 3.74. The van der Waals surface area contributed by atoms with Gasteiger partial charge in [0.15, 0.2) is 0 Å². The van der Waals surface area contributed by atoms with Crippen molar-refractivity contribution in [2.45, 2.75) is 0 Å². The van der Waals surface area contributed by atoms with Crippen LogP contribution in [0.5, 0.6) is 0 Å². The zero-order valence-electron chi connectivity index (χ0n) is 9.27. The standard InChI is InChI=1S/C10H15FN2O2S/c1-13(5-6-16(2,14)15)10-4-3-8(11)7-9(10)12/h3-4,7H,5-6,12H2,1-2H3. The summed E-state index contributed by atoms with van der Waals surface area (Å²) < 4.78 is 34.8. The van der Waals surface area contributed by atoms with E-state index in [1.807, 2.05) is 0 Å². The smallest absolute Gasteiger partial charge is 0.149 e. The van der Waals surface area contributed by atoms with E-state index in [9.17, 15) is 12.8 Å². The Morgan fingerprint density at radius 3 is 2.56 bits per heavy atom. The van der Waals surface area contributed by atoms with Gasteiger partial charge in [0.2, 0.25) is 0 Å². The van der Waals surface area contributed by atoms with E-state index in [2.05, 4.69) is 0 Å². The van der Waals surface area contributed by atoms with Gasteiger partial charge < -0.3 is 10.6 Å². The van der Waals surface area contributed by atoms with Crippen LogP contribution in [-0.2, 0) is 9.84 Å². The molecule has 0 aliphatic rings. The van der Waals surface area contributed by atoms with Gasteiger partial charge in [-0.2, -0.15) is 0 Å². The Hall–Kier alpha value is -1.30. The minimum absolute atomic E-state index is 0.0420. The summed E-state index contributed by atoms with van der Waals surface area (Å²) in [6.45, 7) is 0.328. The molecule has 0 amide bonds. The van der Waals surface area contributed by atoms with Gasteiger partial charge in [0, 0.05) is 19.8 Å². The Labute approximate surface area is 94.8 Å². The van der Waals surface area contributed by atoms with Gasteiger partial charge in [-0.05, 0) is 18.2 Å². The molecule has 0 saturated heterocycles. The van der Waals surface area contributed by atoms with Gasteiger partial charge in [-0.15, -0.1) is 0 Å². The molecule has 0 aromatic heterocycles. The zero-order valence-corrected chi connectivity index (χ0v) is 10.1. The fourth-order valence-corrected chi connectivity index (χ4v) is 1.90. The van der Waals surface area contributed by atoms with E-state index < -0.39 is 15.7 Å². The number of nitrogens with two attached hydrogens (primary N) is 1. The quantitative estimate of drug-likeness (QED) is 0.801. The lowest BCUT2D eigenvalue weighted by Crippen LogP contribution is -2.25. The first-order valence-electron chi connectivity index (χ1n) is 4.73. The highest BCUT2D eigenvalue weighted by Gasteiger charge is 2.09. The molecule has 1 aromatic carbocycles. The number of nitrogens with zero attached hydrogens (tertiary/aromatic N) is 1. The number of sulfone groups is 1. The van der Waals surface area contributed by atoms with E-state index >= 15 is 0 Å². The largest absolute Gasteiger partial charge is 0.397 e. The molecule has 0 aliphatic carbocycles. The van der Waals surface area contributed by atoms with E-state index in [4.69, 9.17) is 5.73 Å². The second kappa shape index (κ2) is 4.69. The lowest BCUT2D eigenvalue weighted by Gasteiger charge is -2.20. The summed E-state index contributed by atoms with van der Waals surface area (Å²) in [5, 5.41) is 0. The van der Waals surface area contributed by atoms with E-state index in [0.29, 0.717) is 17.9 Å². The fourth-order valence-electron chi connectivity index (χ4n) is 1.30. The van der Waals surface area contributed by atoms with Crippen molar-refractivity contribution < 1.29 is 12.8 Å². The molecule has 90 valence electrons. The molecule has 4 nitrogen and oxygen atoms in total. The Bertz CT molecular complexity index is 474. The third-order valence-electron chi connectivity index (χ3n) is 2.20. The van der Waals surface area contributed by atoms with Crippen LogP contribution in [0.4, 0.5) is 15.8 Å². The van der Waals surface area contributed by atoms with Crippen LogP contribution < -0.4 is 10.6 Å². The number of rotatable bonds is 4. The average molecular weight is 246 g/mol. The van der Waals surface area contributed by atoms with Crippen LogP contribution in [0.2, 0.25) is 0 Å². The van der Waals surface area contributed by atoms with Crippen LogP contribution in [0.1, 0.15) is 0 Å². The van der Waals surface area contributed by atoms with E-state index in [1.54, 1.807) is 11.9 Å². The minimum Gasteiger partial charge on any atom is -0.397 e. The van der Waals surface area contributed by atoms with Gasteiger partial charge in [0.25, 0.3) is 0 Å². The molecule has 0 aliphatic heterocycles. The molecule has 2 N–H and O–H groups in total. The summed E-state index contributed by atoms with van der Waals surface area (Å²) in [5.74, 6) is -0.363. The molecule has 0 spiro atoms. The molecule has 16 heavy (non-hydrogen) atoms. The second-order valence-corrected chi connectivity index (χ2v) is 6.01. The average Bonchev–Trinajstić information content (AvgIpc) is 2.13. The number of nitrogen functional groups attached to an aromatic ring is 1. The predicted octanol–water partition coefficient (Wildman–Crippen LogP) is 0.889. The summed E-state index contributed by atoms with van der Waals surface area (Å²) in [4.78, 5) is 1.69. The topological polar surface area (TPSA) is 63.4 Å². The summed E-state index contributed by atoms with van der Waals surface area (Å²) in [7, 11) is -1.29. The summed E-state index contributed by atoms with van der Waals surface area (Å²) in [6, 6.07) is 4.04. The number of anilines is 2. The van der Waals surface area contributed by atoms with Gasteiger partial charge in [-0.1, -0.05) is 0 Å². The van der Waals surface area contributed by atoms with E-state index in [0.717, 1.165) is 0 Å². The van der Waals surface area contributed by atoms with Crippen LogP contribution in [0.3, 0.4) is 0 Å². The lowest BCUT2D eigenvalue weighted by molar-refractivity contribution is 0.601. The van der Waals surface area contributed by atoms with E-state index in [-0.39, 0.29) is 5.75 Å². The van der Waals surface area contributed by atoms with E-state index in [1.165, 1.54) is 24.5 Å². The Morgan fingerprint density at radius 1 is 1.44 bits per heavy atom. The molecule has 6 heteroatoms. The summed E-state index contributed by atoms with van der Waals surface area (Å²) in [6.07, 6.45) is 1.18. The SMILES string of the molecule is CN(CCS(C)(=O)=O)c1ccc(F)cc1N. The highest BCUT2D eigenvalue weighted by atomic mass is 32.2. The van der Waals surface area contributed by atoms with Crippen molar-refractivity contribution in [1.29, 1.82) is 0 Å². The molecule has 1 aromatic rings. The van der Waals surface area contributed by atoms with Crippen LogP contribution in [0.25, 0.3) is 0 Å². The third-order valence-corrected chi connectivity index (χ3v) is 3.12. The molecule has 0 bridgehead atoms. The monoisotopic (exact) mass is 246 g/mol. The molecule has 0 fully saturated rings. The van der Waals surface area contributed by atoms with Crippen LogP contribution >= 0.6 is 0 Å². The lowest BCUT2D eigenvalue weighted by atomic mass is 10.2. The molecule has 0 saturated carbocycles. The van der Waals surface area contributed by atoms with Gasteiger partial charge in [-0.3, -0.25) is 0 Å². The van der Waals surface area contributed by atoms with Crippen molar-refractivity contribution in [1.82, 2.24) is 0 Å². The molecule has 1 rings (SSSR count). The summed E-state index contributed by atoms with van der Waals surface area (Å²) >= 11 is 0. The Balaban J connectivity index is 2.77. The number of hydrogen-bond acceptors (Lipinski definition) is 4. The van der Waals surface area contributed by atoms with Crippen molar-refractivity contribution in [3.8, 4) is 0 Å². The maximum Gasteiger partial charge on any atom is 0.149 e.